The van der Waals surface area contributed by atoms with Gasteiger partial charge in [-0.15, -0.1) is 0 Å². The molecule has 0 heterocycles. The molecule has 1 saturated carbocycles. The molecule has 2 rings (SSSR count). The van der Waals surface area contributed by atoms with Gasteiger partial charge in [0.05, 0.1) is 5.54 Å². The number of carbonyl (C=O) groups is 1. The number of hydrogen-bond donors (Lipinski definition) is 2. The van der Waals surface area contributed by atoms with Gasteiger partial charge in [-0.25, -0.2) is 0 Å². The smallest absolute Gasteiger partial charge is 0.221 e. The second-order valence-electron chi connectivity index (χ2n) is 6.67. The predicted octanol–water partition coefficient (Wildman–Crippen LogP) is 2.74. The topological polar surface area (TPSA) is 55.1 Å². The van der Waals surface area contributed by atoms with Gasteiger partial charge >= 0.3 is 0 Å². The molecule has 1 aromatic rings. The van der Waals surface area contributed by atoms with E-state index in [4.69, 9.17) is 5.73 Å². The van der Waals surface area contributed by atoms with Crippen molar-refractivity contribution in [3.8, 4) is 0 Å². The molecular formula is C17H26N2O. The molecule has 20 heavy (non-hydrogen) atoms. The van der Waals surface area contributed by atoms with Gasteiger partial charge in [-0.3, -0.25) is 4.79 Å². The quantitative estimate of drug-likeness (QED) is 0.867. The predicted molar refractivity (Wildman–Crippen MR) is 82.5 cm³/mol. The van der Waals surface area contributed by atoms with Crippen molar-refractivity contribution < 1.29 is 4.79 Å². The van der Waals surface area contributed by atoms with Crippen LogP contribution >= 0.6 is 0 Å². The Morgan fingerprint density at radius 1 is 1.25 bits per heavy atom. The minimum Gasteiger partial charge on any atom is -0.349 e. The minimum absolute atomic E-state index is 0.117. The molecule has 0 radical (unpaired) electrons. The summed E-state index contributed by atoms with van der Waals surface area (Å²) in [6.07, 6.45) is 4.86. The number of benzene rings is 1. The lowest BCUT2D eigenvalue weighted by molar-refractivity contribution is -0.124. The lowest BCUT2D eigenvalue weighted by atomic mass is 9.81. The molecule has 1 fully saturated rings. The van der Waals surface area contributed by atoms with Crippen LogP contribution in [0.3, 0.4) is 0 Å². The molecule has 0 aromatic heterocycles. The average molecular weight is 274 g/mol. The maximum atomic E-state index is 12.4. The molecule has 0 atom stereocenters. The molecule has 3 heteroatoms. The zero-order valence-corrected chi connectivity index (χ0v) is 12.6. The summed E-state index contributed by atoms with van der Waals surface area (Å²) in [5.41, 5.74) is 6.77. The summed E-state index contributed by atoms with van der Waals surface area (Å²) in [4.78, 5) is 12.4. The molecule has 0 spiro atoms. The van der Waals surface area contributed by atoms with Crippen molar-refractivity contribution in [2.75, 3.05) is 6.54 Å². The molecule has 0 saturated heterocycles. The normalized spacial score (nSPS) is 17.9. The Hall–Kier alpha value is -1.35. The second kappa shape index (κ2) is 5.96. The van der Waals surface area contributed by atoms with Crippen LogP contribution in [0.5, 0.6) is 0 Å². The van der Waals surface area contributed by atoms with E-state index in [1.165, 1.54) is 18.4 Å². The van der Waals surface area contributed by atoms with E-state index in [9.17, 15) is 4.79 Å². The maximum absolute atomic E-state index is 12.4. The summed E-state index contributed by atoms with van der Waals surface area (Å²) < 4.78 is 0. The summed E-state index contributed by atoms with van der Waals surface area (Å²) in [7, 11) is 0. The first-order chi connectivity index (χ1) is 9.47. The zero-order valence-electron chi connectivity index (χ0n) is 12.6. The highest BCUT2D eigenvalue weighted by molar-refractivity contribution is 5.78. The first-order valence-corrected chi connectivity index (χ1v) is 7.54. The van der Waals surface area contributed by atoms with E-state index in [2.05, 4.69) is 31.3 Å². The molecule has 0 bridgehead atoms. The first kappa shape index (κ1) is 15.0. The van der Waals surface area contributed by atoms with Gasteiger partial charge in [0.25, 0.3) is 0 Å². The standard InChI is InChI=1S/C17H26N2O/c1-16(2,14-8-4-3-5-9-14)12-15(20)19-17(13-18)10-6-7-11-17/h3-5,8-9H,6-7,10-13,18H2,1-2H3,(H,19,20). The fraction of sp³-hybridized carbons (Fsp3) is 0.588. The first-order valence-electron chi connectivity index (χ1n) is 7.54. The summed E-state index contributed by atoms with van der Waals surface area (Å²) >= 11 is 0. The number of carbonyl (C=O) groups excluding carboxylic acids is 1. The summed E-state index contributed by atoms with van der Waals surface area (Å²) in [5, 5.41) is 3.20. The minimum atomic E-state index is -0.153. The van der Waals surface area contributed by atoms with Crippen LogP contribution in [0.2, 0.25) is 0 Å². The monoisotopic (exact) mass is 274 g/mol. The number of nitrogens with one attached hydrogen (secondary N) is 1. The van der Waals surface area contributed by atoms with Gasteiger partial charge in [0, 0.05) is 13.0 Å². The molecule has 0 unspecified atom stereocenters. The van der Waals surface area contributed by atoms with Gasteiger partial charge < -0.3 is 11.1 Å². The Labute approximate surface area is 121 Å². The third-order valence-electron chi connectivity index (χ3n) is 4.51. The maximum Gasteiger partial charge on any atom is 0.221 e. The van der Waals surface area contributed by atoms with Crippen molar-refractivity contribution in [2.24, 2.45) is 5.73 Å². The molecule has 1 amide bonds. The van der Waals surface area contributed by atoms with E-state index in [1.807, 2.05) is 18.2 Å². The average Bonchev–Trinajstić information content (AvgIpc) is 2.88. The summed E-state index contributed by atoms with van der Waals surface area (Å²) in [6.45, 7) is 4.78. The van der Waals surface area contributed by atoms with Crippen LogP contribution in [0, 0.1) is 0 Å². The van der Waals surface area contributed by atoms with Gasteiger partial charge in [-0.05, 0) is 23.8 Å². The molecule has 3 N–H and O–H groups in total. The molecule has 110 valence electrons. The van der Waals surface area contributed by atoms with Gasteiger partial charge in [0.15, 0.2) is 0 Å². The SMILES string of the molecule is CC(C)(CC(=O)NC1(CN)CCCC1)c1ccccc1. The number of nitrogens with two attached hydrogens (primary N) is 1. The Morgan fingerprint density at radius 3 is 2.40 bits per heavy atom. The van der Waals surface area contributed by atoms with Crippen LogP contribution in [0.25, 0.3) is 0 Å². The van der Waals surface area contributed by atoms with Crippen LogP contribution in [0.4, 0.5) is 0 Å². The van der Waals surface area contributed by atoms with Crippen molar-refractivity contribution in [3.05, 3.63) is 35.9 Å². The largest absolute Gasteiger partial charge is 0.349 e. The molecule has 3 nitrogen and oxygen atoms in total. The van der Waals surface area contributed by atoms with Crippen molar-refractivity contribution in [1.29, 1.82) is 0 Å². The van der Waals surface area contributed by atoms with Crippen LogP contribution in [0.1, 0.15) is 51.5 Å². The highest BCUT2D eigenvalue weighted by atomic mass is 16.1. The third kappa shape index (κ3) is 3.40. The van der Waals surface area contributed by atoms with E-state index in [1.54, 1.807) is 0 Å². The number of hydrogen-bond acceptors (Lipinski definition) is 2. The number of rotatable bonds is 5. The lowest BCUT2D eigenvalue weighted by Crippen LogP contribution is -2.52. The molecule has 1 aliphatic rings. The third-order valence-corrected chi connectivity index (χ3v) is 4.51. The highest BCUT2D eigenvalue weighted by Gasteiger charge is 2.35. The van der Waals surface area contributed by atoms with E-state index in [-0.39, 0.29) is 16.9 Å². The van der Waals surface area contributed by atoms with E-state index >= 15 is 0 Å². The molecule has 1 aromatic carbocycles. The summed E-state index contributed by atoms with van der Waals surface area (Å²) in [6, 6.07) is 10.2. The van der Waals surface area contributed by atoms with Crippen molar-refractivity contribution >= 4 is 5.91 Å². The Morgan fingerprint density at radius 2 is 1.85 bits per heavy atom. The zero-order chi connectivity index (χ0) is 14.6. The van der Waals surface area contributed by atoms with Gasteiger partial charge in [-0.2, -0.15) is 0 Å². The fourth-order valence-electron chi connectivity index (χ4n) is 3.16. The van der Waals surface area contributed by atoms with E-state index in [0.29, 0.717) is 13.0 Å². The van der Waals surface area contributed by atoms with Crippen molar-refractivity contribution in [1.82, 2.24) is 5.32 Å². The van der Waals surface area contributed by atoms with Crippen LogP contribution in [0.15, 0.2) is 30.3 Å². The Balaban J connectivity index is 2.00. The molecule has 0 aliphatic heterocycles. The molecule has 1 aliphatic carbocycles. The van der Waals surface area contributed by atoms with Crippen LogP contribution in [-0.2, 0) is 10.2 Å². The number of amides is 1. The molecular weight excluding hydrogens is 248 g/mol. The Bertz CT molecular complexity index is 447. The van der Waals surface area contributed by atoms with Crippen molar-refractivity contribution in [3.63, 3.8) is 0 Å². The van der Waals surface area contributed by atoms with Crippen molar-refractivity contribution in [2.45, 2.75) is 56.9 Å². The highest BCUT2D eigenvalue weighted by Crippen LogP contribution is 2.31. The van der Waals surface area contributed by atoms with Crippen LogP contribution < -0.4 is 11.1 Å². The lowest BCUT2D eigenvalue weighted by Gasteiger charge is -2.31. The van der Waals surface area contributed by atoms with E-state index < -0.39 is 0 Å². The van der Waals surface area contributed by atoms with E-state index in [0.717, 1.165) is 12.8 Å². The second-order valence-corrected chi connectivity index (χ2v) is 6.67. The fourth-order valence-corrected chi connectivity index (χ4v) is 3.16. The Kier molecular flexibility index (Phi) is 4.48. The van der Waals surface area contributed by atoms with Crippen LogP contribution in [-0.4, -0.2) is 18.0 Å². The van der Waals surface area contributed by atoms with Gasteiger partial charge in [0.2, 0.25) is 5.91 Å². The van der Waals surface area contributed by atoms with Gasteiger partial charge in [0.1, 0.15) is 0 Å². The summed E-state index contributed by atoms with van der Waals surface area (Å²) in [5.74, 6) is 0.117. The van der Waals surface area contributed by atoms with Gasteiger partial charge in [-0.1, -0.05) is 57.0 Å².